The van der Waals surface area contributed by atoms with Crippen molar-refractivity contribution in [3.05, 3.63) is 105 Å². The van der Waals surface area contributed by atoms with Crippen molar-refractivity contribution >= 4 is 28.3 Å². The van der Waals surface area contributed by atoms with Gasteiger partial charge in [-0.05, 0) is 74.4 Å². The second-order valence-electron chi connectivity index (χ2n) is 8.78. The molecule has 0 saturated heterocycles. The highest BCUT2D eigenvalue weighted by Crippen LogP contribution is 2.42. The normalized spacial score (nSPS) is 14.9. The van der Waals surface area contributed by atoms with Gasteiger partial charge in [0.2, 0.25) is 5.76 Å². The average Bonchev–Trinajstić information content (AvgIpc) is 3.16. The summed E-state index contributed by atoms with van der Waals surface area (Å²) in [7, 11) is 0. The number of rotatable bonds is 6. The molecule has 35 heavy (non-hydrogen) atoms. The van der Waals surface area contributed by atoms with Crippen LogP contribution in [0.3, 0.4) is 0 Å². The van der Waals surface area contributed by atoms with E-state index in [1.165, 1.54) is 6.92 Å². The minimum atomic E-state index is -0.702. The number of aryl methyl sites for hydroxylation is 1. The molecule has 0 spiro atoms. The molecule has 6 heteroatoms. The zero-order valence-electron chi connectivity index (χ0n) is 19.8. The summed E-state index contributed by atoms with van der Waals surface area (Å²) in [6.45, 7) is 5.99. The number of nitrogens with zero attached hydrogens (tertiary/aromatic N) is 1. The first-order chi connectivity index (χ1) is 16.9. The van der Waals surface area contributed by atoms with Crippen molar-refractivity contribution in [3.8, 4) is 5.75 Å². The fraction of sp³-hybridized carbons (Fsp3) is 0.207. The van der Waals surface area contributed by atoms with Gasteiger partial charge in [0.25, 0.3) is 5.91 Å². The van der Waals surface area contributed by atoms with E-state index in [2.05, 4.69) is 0 Å². The third-order valence-corrected chi connectivity index (χ3v) is 6.22. The zero-order chi connectivity index (χ0) is 24.7. The van der Waals surface area contributed by atoms with Crippen molar-refractivity contribution in [1.29, 1.82) is 0 Å². The second kappa shape index (κ2) is 8.87. The molecule has 1 amide bonds. The quantitative estimate of drug-likeness (QED) is 0.333. The van der Waals surface area contributed by atoms with E-state index in [0.29, 0.717) is 40.1 Å². The van der Waals surface area contributed by atoms with E-state index in [0.717, 1.165) is 17.5 Å². The number of amides is 1. The van der Waals surface area contributed by atoms with Crippen LogP contribution in [0.15, 0.2) is 75.9 Å². The number of hydrogen-bond donors (Lipinski definition) is 0. The highest BCUT2D eigenvalue weighted by molar-refractivity contribution is 6.11. The monoisotopic (exact) mass is 467 g/mol. The summed E-state index contributed by atoms with van der Waals surface area (Å²) in [4.78, 5) is 40.8. The van der Waals surface area contributed by atoms with Gasteiger partial charge in [-0.25, -0.2) is 0 Å². The van der Waals surface area contributed by atoms with E-state index in [1.54, 1.807) is 41.3 Å². The third kappa shape index (κ3) is 3.91. The van der Waals surface area contributed by atoms with Gasteiger partial charge >= 0.3 is 0 Å². The standard InChI is InChI=1S/C29H25NO5/c1-4-14-34-22-7-5-6-20(16-22)26-25-27(32)23-15-17(2)8-13-24(23)35-28(25)29(33)30(26)21-11-9-19(10-12-21)18(3)31/h5-13,15-16,26H,4,14H2,1-3H3. The van der Waals surface area contributed by atoms with Crippen LogP contribution in [0.4, 0.5) is 5.69 Å². The first-order valence-corrected chi connectivity index (χ1v) is 11.6. The summed E-state index contributed by atoms with van der Waals surface area (Å²) in [5, 5.41) is 0.439. The Bertz CT molecular complexity index is 1520. The molecule has 1 aliphatic heterocycles. The average molecular weight is 468 g/mol. The summed E-state index contributed by atoms with van der Waals surface area (Å²) in [5.41, 5.74) is 3.22. The van der Waals surface area contributed by atoms with E-state index in [9.17, 15) is 14.4 Å². The zero-order valence-corrected chi connectivity index (χ0v) is 19.8. The van der Waals surface area contributed by atoms with E-state index < -0.39 is 11.9 Å². The number of carbonyl (C=O) groups excluding carboxylic acids is 2. The summed E-state index contributed by atoms with van der Waals surface area (Å²) in [6.07, 6.45) is 0.860. The van der Waals surface area contributed by atoms with Crippen LogP contribution in [-0.2, 0) is 0 Å². The summed E-state index contributed by atoms with van der Waals surface area (Å²) >= 11 is 0. The number of carbonyl (C=O) groups is 2. The van der Waals surface area contributed by atoms with Gasteiger partial charge < -0.3 is 9.15 Å². The first kappa shape index (κ1) is 22.6. The van der Waals surface area contributed by atoms with Gasteiger partial charge in [0.05, 0.1) is 23.6 Å². The van der Waals surface area contributed by atoms with Gasteiger partial charge in [-0.1, -0.05) is 30.7 Å². The van der Waals surface area contributed by atoms with Gasteiger partial charge in [0.1, 0.15) is 11.3 Å². The van der Waals surface area contributed by atoms with Gasteiger partial charge in [0.15, 0.2) is 11.2 Å². The molecule has 0 bridgehead atoms. The molecule has 176 valence electrons. The predicted molar refractivity (Wildman–Crippen MR) is 135 cm³/mol. The molecule has 0 aliphatic carbocycles. The topological polar surface area (TPSA) is 76.8 Å². The maximum atomic E-state index is 13.8. The van der Waals surface area contributed by atoms with Gasteiger partial charge in [-0.3, -0.25) is 19.3 Å². The molecule has 0 N–H and O–H groups in total. The Labute approximate surface area is 202 Å². The number of hydrogen-bond acceptors (Lipinski definition) is 5. The Kier molecular flexibility index (Phi) is 5.73. The number of fused-ring (bicyclic) bond motifs is 2. The maximum Gasteiger partial charge on any atom is 0.295 e. The summed E-state index contributed by atoms with van der Waals surface area (Å²) < 4.78 is 11.9. The van der Waals surface area contributed by atoms with Crippen LogP contribution in [0.25, 0.3) is 11.0 Å². The lowest BCUT2D eigenvalue weighted by molar-refractivity contribution is 0.0970. The maximum absolute atomic E-state index is 13.8. The van der Waals surface area contributed by atoms with Gasteiger partial charge in [0, 0.05) is 11.3 Å². The Morgan fingerprint density at radius 1 is 1.03 bits per heavy atom. The molecule has 0 saturated carbocycles. The molecular formula is C29H25NO5. The molecule has 1 atom stereocenters. The second-order valence-corrected chi connectivity index (χ2v) is 8.78. The molecule has 6 nitrogen and oxygen atoms in total. The fourth-order valence-electron chi connectivity index (χ4n) is 4.52. The van der Waals surface area contributed by atoms with E-state index >= 15 is 0 Å². The SMILES string of the molecule is CCCOc1cccc(C2c3c(oc4ccc(C)cc4c3=O)C(=O)N2c2ccc(C(C)=O)cc2)c1. The summed E-state index contributed by atoms with van der Waals surface area (Å²) in [6, 6.07) is 18.9. The lowest BCUT2D eigenvalue weighted by Gasteiger charge is -2.25. The van der Waals surface area contributed by atoms with E-state index in [4.69, 9.17) is 9.15 Å². The Morgan fingerprint density at radius 2 is 1.80 bits per heavy atom. The molecule has 3 aromatic carbocycles. The first-order valence-electron chi connectivity index (χ1n) is 11.6. The molecular weight excluding hydrogens is 442 g/mol. The van der Waals surface area contributed by atoms with Crippen LogP contribution in [0.5, 0.6) is 5.75 Å². The van der Waals surface area contributed by atoms with Crippen LogP contribution in [0, 0.1) is 6.92 Å². The molecule has 1 aliphatic rings. The smallest absolute Gasteiger partial charge is 0.295 e. The van der Waals surface area contributed by atoms with Crippen molar-refractivity contribution in [3.63, 3.8) is 0 Å². The molecule has 5 rings (SSSR count). The molecule has 1 aromatic heterocycles. The van der Waals surface area contributed by atoms with Crippen molar-refractivity contribution < 1.29 is 18.7 Å². The van der Waals surface area contributed by atoms with Crippen molar-refractivity contribution in [2.75, 3.05) is 11.5 Å². The van der Waals surface area contributed by atoms with Crippen molar-refractivity contribution in [1.82, 2.24) is 0 Å². The minimum Gasteiger partial charge on any atom is -0.494 e. The number of Topliss-reactive ketones (excluding diaryl/α,β-unsaturated/α-hetero) is 1. The molecule has 0 fully saturated rings. The predicted octanol–water partition coefficient (Wildman–Crippen LogP) is 5.84. The van der Waals surface area contributed by atoms with E-state index in [1.807, 2.05) is 44.2 Å². The van der Waals surface area contributed by atoms with Crippen molar-refractivity contribution in [2.45, 2.75) is 33.2 Å². The lowest BCUT2D eigenvalue weighted by Crippen LogP contribution is -2.29. The van der Waals surface area contributed by atoms with E-state index in [-0.39, 0.29) is 17.0 Å². The number of ketones is 1. The van der Waals surface area contributed by atoms with Crippen LogP contribution >= 0.6 is 0 Å². The third-order valence-electron chi connectivity index (χ3n) is 6.22. The fourth-order valence-corrected chi connectivity index (χ4v) is 4.52. The summed E-state index contributed by atoms with van der Waals surface area (Å²) in [5.74, 6) is 0.230. The number of anilines is 1. The largest absolute Gasteiger partial charge is 0.494 e. The highest BCUT2D eigenvalue weighted by Gasteiger charge is 2.43. The van der Waals surface area contributed by atoms with Crippen LogP contribution < -0.4 is 15.1 Å². The molecule has 1 unspecified atom stereocenters. The molecule has 0 radical (unpaired) electrons. The van der Waals surface area contributed by atoms with Crippen molar-refractivity contribution in [2.24, 2.45) is 0 Å². The minimum absolute atomic E-state index is 0.0341. The van der Waals surface area contributed by atoms with Crippen LogP contribution in [0.1, 0.15) is 63.9 Å². The molecule has 4 aromatic rings. The molecule has 2 heterocycles. The Balaban J connectivity index is 1.74. The van der Waals surface area contributed by atoms with Crippen LogP contribution in [0.2, 0.25) is 0 Å². The number of ether oxygens (including phenoxy) is 1. The number of benzene rings is 3. The van der Waals surface area contributed by atoms with Gasteiger partial charge in [-0.15, -0.1) is 0 Å². The Hall–Kier alpha value is -4.19. The van der Waals surface area contributed by atoms with Crippen LogP contribution in [-0.4, -0.2) is 18.3 Å². The van der Waals surface area contributed by atoms with Gasteiger partial charge in [-0.2, -0.15) is 0 Å². The lowest BCUT2D eigenvalue weighted by atomic mass is 9.97. The highest BCUT2D eigenvalue weighted by atomic mass is 16.5. The Morgan fingerprint density at radius 3 is 2.51 bits per heavy atom.